The third-order valence-electron chi connectivity index (χ3n) is 2.37. The van der Waals surface area contributed by atoms with Gasteiger partial charge in [-0.3, -0.25) is 0 Å². The highest BCUT2D eigenvalue weighted by molar-refractivity contribution is 6.17. The fourth-order valence-electron chi connectivity index (χ4n) is 1.52. The molecule has 0 aliphatic rings. The number of hydrogen-bond donors (Lipinski definition) is 0. The molecule has 2 heteroatoms. The summed E-state index contributed by atoms with van der Waals surface area (Å²) in [6.07, 6.45) is 3.31. The van der Waals surface area contributed by atoms with Crippen LogP contribution in [-0.2, 0) is 0 Å². The van der Waals surface area contributed by atoms with Crippen LogP contribution in [0.1, 0.15) is 30.4 Å². The van der Waals surface area contributed by atoms with Crippen LogP contribution in [0.2, 0.25) is 0 Å². The highest BCUT2D eigenvalue weighted by Gasteiger charge is 1.98. The predicted molar refractivity (Wildman–Crippen MR) is 66.0 cm³/mol. The maximum Gasteiger partial charge on any atom is 0.122 e. The second-order valence-corrected chi connectivity index (χ2v) is 4.25. The number of benzene rings is 1. The van der Waals surface area contributed by atoms with E-state index in [9.17, 15) is 0 Å². The zero-order valence-corrected chi connectivity index (χ0v) is 10.3. The highest BCUT2D eigenvalue weighted by atomic mass is 35.5. The Morgan fingerprint density at radius 3 is 2.60 bits per heavy atom. The first-order chi connectivity index (χ1) is 7.24. The third-order valence-corrected chi connectivity index (χ3v) is 2.63. The van der Waals surface area contributed by atoms with Gasteiger partial charge in [-0.2, -0.15) is 0 Å². The van der Waals surface area contributed by atoms with Crippen molar-refractivity contribution in [2.45, 2.75) is 33.1 Å². The van der Waals surface area contributed by atoms with Gasteiger partial charge in [0.15, 0.2) is 0 Å². The van der Waals surface area contributed by atoms with E-state index in [-0.39, 0.29) is 0 Å². The summed E-state index contributed by atoms with van der Waals surface area (Å²) in [5.74, 6) is 1.76. The number of aryl methyl sites for hydroxylation is 2. The maximum absolute atomic E-state index is 5.70. The average Bonchev–Trinajstić information content (AvgIpc) is 2.20. The molecule has 0 amide bonds. The number of halogens is 1. The van der Waals surface area contributed by atoms with Crippen molar-refractivity contribution in [1.29, 1.82) is 0 Å². The van der Waals surface area contributed by atoms with E-state index in [2.05, 4.69) is 26.0 Å². The molecule has 0 N–H and O–H groups in total. The Labute approximate surface area is 97.4 Å². The minimum atomic E-state index is 0.754. The van der Waals surface area contributed by atoms with Crippen LogP contribution >= 0.6 is 11.6 Å². The molecule has 0 fully saturated rings. The van der Waals surface area contributed by atoms with Crippen LogP contribution in [0.4, 0.5) is 0 Å². The van der Waals surface area contributed by atoms with Crippen molar-refractivity contribution in [3.8, 4) is 5.75 Å². The van der Waals surface area contributed by atoms with Crippen LogP contribution in [0.5, 0.6) is 5.75 Å². The van der Waals surface area contributed by atoms with Gasteiger partial charge in [0.25, 0.3) is 0 Å². The number of alkyl halides is 1. The fourth-order valence-corrected chi connectivity index (χ4v) is 1.71. The highest BCUT2D eigenvalue weighted by Crippen LogP contribution is 2.18. The van der Waals surface area contributed by atoms with Crippen molar-refractivity contribution in [1.82, 2.24) is 0 Å². The molecule has 1 nitrogen and oxygen atoms in total. The van der Waals surface area contributed by atoms with Crippen LogP contribution in [0, 0.1) is 13.8 Å². The van der Waals surface area contributed by atoms with Gasteiger partial charge < -0.3 is 4.74 Å². The van der Waals surface area contributed by atoms with Gasteiger partial charge >= 0.3 is 0 Å². The van der Waals surface area contributed by atoms with E-state index in [4.69, 9.17) is 16.3 Å². The topological polar surface area (TPSA) is 9.23 Å². The maximum atomic E-state index is 5.70. The summed E-state index contributed by atoms with van der Waals surface area (Å²) in [4.78, 5) is 0. The van der Waals surface area contributed by atoms with E-state index >= 15 is 0 Å². The average molecular weight is 227 g/mol. The van der Waals surface area contributed by atoms with Gasteiger partial charge in [-0.05, 0) is 44.7 Å². The van der Waals surface area contributed by atoms with Gasteiger partial charge in [-0.1, -0.05) is 17.7 Å². The van der Waals surface area contributed by atoms with Gasteiger partial charge in [-0.15, -0.1) is 11.6 Å². The first-order valence-corrected chi connectivity index (χ1v) is 6.03. The van der Waals surface area contributed by atoms with Crippen molar-refractivity contribution in [2.24, 2.45) is 0 Å². The predicted octanol–water partition coefficient (Wildman–Crippen LogP) is 4.09. The van der Waals surface area contributed by atoms with Crippen LogP contribution in [-0.4, -0.2) is 12.5 Å². The summed E-state index contributed by atoms with van der Waals surface area (Å²) in [7, 11) is 0. The molecule has 0 aromatic heterocycles. The molecular weight excluding hydrogens is 208 g/mol. The molecule has 15 heavy (non-hydrogen) atoms. The molecule has 0 spiro atoms. The van der Waals surface area contributed by atoms with Gasteiger partial charge in [0.05, 0.1) is 6.61 Å². The Kier molecular flexibility index (Phi) is 5.56. The van der Waals surface area contributed by atoms with Gasteiger partial charge in [0.2, 0.25) is 0 Å². The van der Waals surface area contributed by atoms with E-state index in [1.807, 2.05) is 6.07 Å². The quantitative estimate of drug-likeness (QED) is 0.525. The van der Waals surface area contributed by atoms with E-state index in [1.165, 1.54) is 11.1 Å². The monoisotopic (exact) mass is 226 g/mol. The normalized spacial score (nSPS) is 10.3. The lowest BCUT2D eigenvalue weighted by Crippen LogP contribution is -1.99. The zero-order chi connectivity index (χ0) is 11.1. The van der Waals surface area contributed by atoms with E-state index in [0.29, 0.717) is 0 Å². The molecule has 0 unspecified atom stereocenters. The summed E-state index contributed by atoms with van der Waals surface area (Å²) >= 11 is 5.60. The Bertz CT molecular complexity index is 297. The molecule has 0 heterocycles. The van der Waals surface area contributed by atoms with Crippen LogP contribution in [0.3, 0.4) is 0 Å². The van der Waals surface area contributed by atoms with Gasteiger partial charge in [0, 0.05) is 5.88 Å². The van der Waals surface area contributed by atoms with Crippen LogP contribution in [0.15, 0.2) is 18.2 Å². The Hall–Kier alpha value is -0.690. The summed E-state index contributed by atoms with van der Waals surface area (Å²) in [5.41, 5.74) is 2.49. The van der Waals surface area contributed by atoms with E-state index in [0.717, 1.165) is 37.5 Å². The summed E-state index contributed by atoms with van der Waals surface area (Å²) in [6.45, 7) is 4.97. The molecule has 1 rings (SSSR count). The number of unbranched alkanes of at least 4 members (excludes halogenated alkanes) is 2. The molecule has 1 aromatic carbocycles. The fraction of sp³-hybridized carbons (Fsp3) is 0.538. The summed E-state index contributed by atoms with van der Waals surface area (Å²) < 4.78 is 5.70. The van der Waals surface area contributed by atoms with Crippen molar-refractivity contribution < 1.29 is 4.74 Å². The molecule has 0 bridgehead atoms. The Morgan fingerprint density at radius 1 is 1.13 bits per heavy atom. The SMILES string of the molecule is Cc1ccc(OCCCCCCl)c(C)c1. The molecule has 1 aromatic rings. The van der Waals surface area contributed by atoms with Crippen molar-refractivity contribution in [3.05, 3.63) is 29.3 Å². The first kappa shape index (κ1) is 12.4. The Balaban J connectivity index is 2.31. The van der Waals surface area contributed by atoms with E-state index < -0.39 is 0 Å². The minimum absolute atomic E-state index is 0.754. The molecule has 0 saturated carbocycles. The van der Waals surface area contributed by atoms with Crippen LogP contribution < -0.4 is 4.74 Å². The largest absolute Gasteiger partial charge is 0.493 e. The van der Waals surface area contributed by atoms with Crippen LogP contribution in [0.25, 0.3) is 0 Å². The second-order valence-electron chi connectivity index (χ2n) is 3.87. The Morgan fingerprint density at radius 2 is 1.93 bits per heavy atom. The van der Waals surface area contributed by atoms with Crippen molar-refractivity contribution >= 4 is 11.6 Å². The third kappa shape index (κ3) is 4.57. The molecular formula is C13H19ClO. The molecule has 0 radical (unpaired) electrons. The molecule has 0 aliphatic carbocycles. The number of ether oxygens (including phenoxy) is 1. The number of hydrogen-bond acceptors (Lipinski definition) is 1. The van der Waals surface area contributed by atoms with Gasteiger partial charge in [-0.25, -0.2) is 0 Å². The lowest BCUT2D eigenvalue weighted by Gasteiger charge is -2.09. The summed E-state index contributed by atoms with van der Waals surface area (Å²) in [5, 5.41) is 0. The molecule has 0 aliphatic heterocycles. The molecule has 0 saturated heterocycles. The molecule has 84 valence electrons. The molecule has 0 atom stereocenters. The smallest absolute Gasteiger partial charge is 0.122 e. The number of rotatable bonds is 6. The zero-order valence-electron chi connectivity index (χ0n) is 9.55. The van der Waals surface area contributed by atoms with E-state index in [1.54, 1.807) is 0 Å². The summed E-state index contributed by atoms with van der Waals surface area (Å²) in [6, 6.07) is 6.28. The lowest BCUT2D eigenvalue weighted by atomic mass is 10.1. The van der Waals surface area contributed by atoms with Crippen molar-refractivity contribution in [2.75, 3.05) is 12.5 Å². The van der Waals surface area contributed by atoms with Gasteiger partial charge in [0.1, 0.15) is 5.75 Å². The minimum Gasteiger partial charge on any atom is -0.493 e. The second kappa shape index (κ2) is 6.73. The lowest BCUT2D eigenvalue weighted by molar-refractivity contribution is 0.304. The van der Waals surface area contributed by atoms with Crippen molar-refractivity contribution in [3.63, 3.8) is 0 Å². The first-order valence-electron chi connectivity index (χ1n) is 5.50. The standard InChI is InChI=1S/C13H19ClO/c1-11-6-7-13(12(2)10-11)15-9-5-3-4-8-14/h6-7,10H,3-5,8-9H2,1-2H3.